The largest absolute Gasteiger partial charge is 0.309 e. The molecule has 5 aromatic heterocycles. The molecule has 7 aromatic carbocycles. The molecule has 52 heavy (non-hydrogen) atoms. The molecular formula is C47H27N3S2. The predicted octanol–water partition coefficient (Wildman–Crippen LogP) is 13.7. The molecule has 0 unspecified atom stereocenters. The van der Waals surface area contributed by atoms with Gasteiger partial charge < -0.3 is 9.13 Å². The van der Waals surface area contributed by atoms with Crippen molar-refractivity contribution < 1.29 is 0 Å². The van der Waals surface area contributed by atoms with Crippen LogP contribution in [0.2, 0.25) is 0 Å². The second-order valence-electron chi connectivity index (χ2n) is 13.6. The van der Waals surface area contributed by atoms with E-state index < -0.39 is 0 Å². The van der Waals surface area contributed by atoms with Gasteiger partial charge in [0.05, 0.1) is 22.1 Å². The van der Waals surface area contributed by atoms with Crippen LogP contribution in [0.1, 0.15) is 0 Å². The van der Waals surface area contributed by atoms with E-state index in [0.717, 1.165) is 5.69 Å². The summed E-state index contributed by atoms with van der Waals surface area (Å²) < 4.78 is 10.1. The summed E-state index contributed by atoms with van der Waals surface area (Å²) in [4.78, 5) is 4.44. The number of hydrogen-bond donors (Lipinski definition) is 0. The van der Waals surface area contributed by atoms with E-state index in [1.807, 2.05) is 35.1 Å². The number of rotatable bonds is 3. The standard InChI is InChI=1S/C47H27N3S2/c1-4-10-40-32(7-1)35-23-28(13-17-42(35)49(40)30-15-19-45-37(25-30)34-9-3-6-12-44(34)51-45)29-14-18-43-36(24-29)33-8-2-5-11-41(33)50(43)31-16-20-46-38(26-31)39-27-48-22-21-47(39)52-46/h1-27H. The lowest BCUT2D eigenvalue weighted by Crippen LogP contribution is -1.93. The van der Waals surface area contributed by atoms with Crippen LogP contribution in [0.3, 0.4) is 0 Å². The Balaban J connectivity index is 1.03. The Hall–Kier alpha value is -6.27. The molecule has 3 nitrogen and oxygen atoms in total. The SMILES string of the molecule is c1ccc2c(c1)sc1ccc(-n3c4ccccc4c4cc(-c5ccc6c(c5)c5ccccc5n6-c5ccc6sc7ccncc7c6c5)ccc43)cc12. The van der Waals surface area contributed by atoms with Crippen LogP contribution in [0.25, 0.3) is 106 Å². The molecule has 12 aromatic rings. The lowest BCUT2D eigenvalue weighted by molar-refractivity contribution is 1.19. The quantitative estimate of drug-likeness (QED) is 0.180. The average Bonchev–Trinajstić information content (AvgIpc) is 3.94. The first-order chi connectivity index (χ1) is 25.8. The molecule has 0 fully saturated rings. The van der Waals surface area contributed by atoms with Crippen LogP contribution in [-0.4, -0.2) is 14.1 Å². The maximum absolute atomic E-state index is 4.44. The van der Waals surface area contributed by atoms with Crippen LogP contribution in [-0.2, 0) is 0 Å². The maximum atomic E-state index is 4.44. The van der Waals surface area contributed by atoms with Crippen molar-refractivity contribution in [1.82, 2.24) is 14.1 Å². The minimum atomic E-state index is 1.16. The molecule has 0 spiro atoms. The minimum Gasteiger partial charge on any atom is -0.309 e. The predicted molar refractivity (Wildman–Crippen MR) is 224 cm³/mol. The summed E-state index contributed by atoms with van der Waals surface area (Å²) in [5.74, 6) is 0. The number of pyridine rings is 1. The second kappa shape index (κ2) is 10.6. The average molecular weight is 698 g/mol. The third kappa shape index (κ3) is 3.97. The van der Waals surface area contributed by atoms with Crippen molar-refractivity contribution in [2.24, 2.45) is 0 Å². The molecule has 0 saturated carbocycles. The number of aromatic nitrogens is 3. The third-order valence-electron chi connectivity index (χ3n) is 10.8. The fraction of sp³-hybridized carbons (Fsp3) is 0. The molecule has 0 bridgehead atoms. The second-order valence-corrected chi connectivity index (χ2v) is 15.8. The fourth-order valence-corrected chi connectivity index (χ4v) is 10.6. The van der Waals surface area contributed by atoms with Crippen LogP contribution in [0, 0.1) is 0 Å². The van der Waals surface area contributed by atoms with Gasteiger partial charge in [0.1, 0.15) is 0 Å². The van der Waals surface area contributed by atoms with Crippen molar-refractivity contribution in [2.75, 3.05) is 0 Å². The smallest absolute Gasteiger partial charge is 0.0541 e. The molecule has 12 rings (SSSR count). The fourth-order valence-electron chi connectivity index (χ4n) is 8.46. The summed E-state index contributed by atoms with van der Waals surface area (Å²) in [6.07, 6.45) is 3.87. The van der Waals surface area contributed by atoms with Crippen LogP contribution in [0.5, 0.6) is 0 Å². The van der Waals surface area contributed by atoms with Crippen molar-refractivity contribution in [3.63, 3.8) is 0 Å². The molecule has 0 aliphatic carbocycles. The van der Waals surface area contributed by atoms with Crippen LogP contribution >= 0.6 is 22.7 Å². The first-order valence-electron chi connectivity index (χ1n) is 17.5. The lowest BCUT2D eigenvalue weighted by atomic mass is 10.0. The number of fused-ring (bicyclic) bond motifs is 12. The molecule has 0 atom stereocenters. The molecule has 0 aliphatic rings. The normalized spacial score (nSPS) is 12.2. The van der Waals surface area contributed by atoms with E-state index in [2.05, 4.69) is 166 Å². The zero-order valence-corrected chi connectivity index (χ0v) is 29.4. The molecular weight excluding hydrogens is 671 g/mol. The molecule has 5 heterocycles. The number of thiophene rings is 2. The van der Waals surface area contributed by atoms with Crippen molar-refractivity contribution >= 4 is 107 Å². The van der Waals surface area contributed by atoms with E-state index in [4.69, 9.17) is 0 Å². The first kappa shape index (κ1) is 28.4. The van der Waals surface area contributed by atoms with Gasteiger partial charge in [0, 0.05) is 85.7 Å². The number of hydrogen-bond acceptors (Lipinski definition) is 3. The van der Waals surface area contributed by atoms with E-state index in [0.29, 0.717) is 0 Å². The number of nitrogens with zero attached hydrogens (tertiary/aromatic N) is 3. The van der Waals surface area contributed by atoms with Crippen molar-refractivity contribution in [1.29, 1.82) is 0 Å². The van der Waals surface area contributed by atoms with E-state index in [1.54, 1.807) is 0 Å². The number of para-hydroxylation sites is 2. The van der Waals surface area contributed by atoms with Crippen LogP contribution in [0.15, 0.2) is 164 Å². The Labute approximate surface area is 305 Å². The zero-order chi connectivity index (χ0) is 33.9. The molecule has 0 saturated heterocycles. The monoisotopic (exact) mass is 697 g/mol. The van der Waals surface area contributed by atoms with E-state index in [1.165, 1.54) is 101 Å². The van der Waals surface area contributed by atoms with Gasteiger partial charge in [0.25, 0.3) is 0 Å². The zero-order valence-electron chi connectivity index (χ0n) is 27.7. The molecule has 242 valence electrons. The van der Waals surface area contributed by atoms with Gasteiger partial charge in [-0.15, -0.1) is 22.7 Å². The Kier molecular flexibility index (Phi) is 5.81. The van der Waals surface area contributed by atoms with Gasteiger partial charge in [0.15, 0.2) is 0 Å². The topological polar surface area (TPSA) is 22.8 Å². The van der Waals surface area contributed by atoms with E-state index >= 15 is 0 Å². The molecule has 0 aliphatic heterocycles. The highest BCUT2D eigenvalue weighted by molar-refractivity contribution is 7.26. The Morgan fingerprint density at radius 1 is 0.346 bits per heavy atom. The van der Waals surface area contributed by atoms with Crippen molar-refractivity contribution in [2.45, 2.75) is 0 Å². The molecule has 0 radical (unpaired) electrons. The van der Waals surface area contributed by atoms with Gasteiger partial charge in [-0.05, 0) is 96.1 Å². The Morgan fingerprint density at radius 2 is 0.827 bits per heavy atom. The van der Waals surface area contributed by atoms with Gasteiger partial charge in [-0.3, -0.25) is 4.98 Å². The Bertz CT molecular complexity index is 3200. The summed E-state index contributed by atoms with van der Waals surface area (Å²) in [5.41, 5.74) is 9.63. The summed E-state index contributed by atoms with van der Waals surface area (Å²) in [7, 11) is 0. The lowest BCUT2D eigenvalue weighted by Gasteiger charge is -2.10. The minimum absolute atomic E-state index is 1.16. The van der Waals surface area contributed by atoms with Gasteiger partial charge in [0.2, 0.25) is 0 Å². The van der Waals surface area contributed by atoms with Crippen LogP contribution in [0.4, 0.5) is 0 Å². The van der Waals surface area contributed by atoms with E-state index in [9.17, 15) is 0 Å². The highest BCUT2D eigenvalue weighted by Crippen LogP contribution is 2.41. The summed E-state index contributed by atoms with van der Waals surface area (Å²) in [5, 5.41) is 10.1. The first-order valence-corrected chi connectivity index (χ1v) is 19.2. The molecule has 0 N–H and O–H groups in total. The summed E-state index contributed by atoms with van der Waals surface area (Å²) in [6.45, 7) is 0. The summed E-state index contributed by atoms with van der Waals surface area (Å²) in [6, 6.07) is 56.2. The van der Waals surface area contributed by atoms with Crippen LogP contribution < -0.4 is 0 Å². The third-order valence-corrected chi connectivity index (χ3v) is 13.1. The van der Waals surface area contributed by atoms with Gasteiger partial charge in [-0.2, -0.15) is 0 Å². The van der Waals surface area contributed by atoms with Gasteiger partial charge >= 0.3 is 0 Å². The van der Waals surface area contributed by atoms with E-state index in [-0.39, 0.29) is 0 Å². The molecule has 0 amide bonds. The highest BCUT2D eigenvalue weighted by atomic mass is 32.1. The summed E-state index contributed by atoms with van der Waals surface area (Å²) >= 11 is 3.69. The Morgan fingerprint density at radius 3 is 1.44 bits per heavy atom. The van der Waals surface area contributed by atoms with Crippen molar-refractivity contribution in [3.05, 3.63) is 164 Å². The maximum Gasteiger partial charge on any atom is 0.0541 e. The number of benzene rings is 7. The van der Waals surface area contributed by atoms with Crippen molar-refractivity contribution in [3.8, 4) is 22.5 Å². The highest BCUT2D eigenvalue weighted by Gasteiger charge is 2.17. The molecule has 5 heteroatoms. The van der Waals surface area contributed by atoms with Gasteiger partial charge in [-0.25, -0.2) is 0 Å². The van der Waals surface area contributed by atoms with Gasteiger partial charge in [-0.1, -0.05) is 66.7 Å².